The number of rotatable bonds is 5. The lowest BCUT2D eigenvalue weighted by Gasteiger charge is -2.06. The number of hydrogen-bond acceptors (Lipinski definition) is 6. The van der Waals surface area contributed by atoms with Gasteiger partial charge in [-0.1, -0.05) is 0 Å². The fraction of sp³-hybridized carbons (Fsp3) is 0.364. The molecule has 2 aromatic heterocycles. The SMILES string of the molecule is Cc1cnc(NCCc2nncn2C)c([N+](=O)[O-])c1. The molecule has 0 saturated carbocycles. The second-order valence-corrected chi connectivity index (χ2v) is 4.17. The molecule has 0 radical (unpaired) electrons. The van der Waals surface area contributed by atoms with E-state index in [1.54, 1.807) is 24.0 Å². The third kappa shape index (κ3) is 3.03. The second kappa shape index (κ2) is 5.42. The summed E-state index contributed by atoms with van der Waals surface area (Å²) in [6.07, 6.45) is 3.82. The Kier molecular flexibility index (Phi) is 3.69. The summed E-state index contributed by atoms with van der Waals surface area (Å²) in [6, 6.07) is 1.50. The van der Waals surface area contributed by atoms with E-state index in [-0.39, 0.29) is 11.5 Å². The van der Waals surface area contributed by atoms with Gasteiger partial charge in [-0.2, -0.15) is 0 Å². The largest absolute Gasteiger partial charge is 0.364 e. The fourth-order valence-electron chi connectivity index (χ4n) is 1.66. The minimum Gasteiger partial charge on any atom is -0.364 e. The van der Waals surface area contributed by atoms with Crippen molar-refractivity contribution in [1.82, 2.24) is 19.7 Å². The Morgan fingerprint density at radius 3 is 2.95 bits per heavy atom. The van der Waals surface area contributed by atoms with Crippen LogP contribution in [0, 0.1) is 17.0 Å². The van der Waals surface area contributed by atoms with E-state index in [1.165, 1.54) is 6.07 Å². The van der Waals surface area contributed by atoms with Crippen LogP contribution in [0.4, 0.5) is 11.5 Å². The number of anilines is 1. The predicted molar refractivity (Wildman–Crippen MR) is 68.8 cm³/mol. The van der Waals surface area contributed by atoms with E-state index in [4.69, 9.17) is 0 Å². The van der Waals surface area contributed by atoms with E-state index < -0.39 is 4.92 Å². The third-order valence-corrected chi connectivity index (χ3v) is 2.65. The standard InChI is InChI=1S/C11H14N6O2/c1-8-5-9(17(18)19)11(13-6-8)12-4-3-10-15-14-7-16(10)2/h5-7H,3-4H2,1-2H3,(H,12,13). The average Bonchev–Trinajstić information content (AvgIpc) is 2.77. The molecule has 0 aliphatic rings. The minimum absolute atomic E-state index is 0.0158. The van der Waals surface area contributed by atoms with Crippen LogP contribution in [0.15, 0.2) is 18.6 Å². The zero-order chi connectivity index (χ0) is 13.8. The number of pyridine rings is 1. The van der Waals surface area contributed by atoms with Gasteiger partial charge in [0.1, 0.15) is 12.2 Å². The zero-order valence-corrected chi connectivity index (χ0v) is 10.7. The van der Waals surface area contributed by atoms with E-state index in [0.717, 1.165) is 11.4 Å². The summed E-state index contributed by atoms with van der Waals surface area (Å²) in [7, 11) is 1.85. The van der Waals surface area contributed by atoms with Gasteiger partial charge in [0.05, 0.1) is 4.92 Å². The molecule has 0 unspecified atom stereocenters. The molecule has 19 heavy (non-hydrogen) atoms. The van der Waals surface area contributed by atoms with Crippen LogP contribution in [-0.2, 0) is 13.5 Å². The van der Waals surface area contributed by atoms with Crippen molar-refractivity contribution in [3.05, 3.63) is 40.1 Å². The van der Waals surface area contributed by atoms with Crippen LogP contribution in [0.1, 0.15) is 11.4 Å². The first kappa shape index (κ1) is 12.9. The number of nitrogens with one attached hydrogen (secondary N) is 1. The van der Waals surface area contributed by atoms with Gasteiger partial charge < -0.3 is 9.88 Å². The maximum Gasteiger partial charge on any atom is 0.311 e. The molecule has 8 nitrogen and oxygen atoms in total. The Labute approximate surface area is 109 Å². The van der Waals surface area contributed by atoms with Crippen molar-refractivity contribution in [2.45, 2.75) is 13.3 Å². The van der Waals surface area contributed by atoms with Gasteiger partial charge >= 0.3 is 5.69 Å². The number of hydrogen-bond donors (Lipinski definition) is 1. The van der Waals surface area contributed by atoms with Crippen molar-refractivity contribution in [3.63, 3.8) is 0 Å². The van der Waals surface area contributed by atoms with E-state index in [2.05, 4.69) is 20.5 Å². The maximum absolute atomic E-state index is 10.9. The summed E-state index contributed by atoms with van der Waals surface area (Å²) in [5.74, 6) is 1.08. The number of aryl methyl sites for hydroxylation is 2. The van der Waals surface area contributed by atoms with Crippen LogP contribution < -0.4 is 5.32 Å². The smallest absolute Gasteiger partial charge is 0.311 e. The first-order chi connectivity index (χ1) is 9.08. The third-order valence-electron chi connectivity index (χ3n) is 2.65. The van der Waals surface area contributed by atoms with E-state index in [1.807, 2.05) is 7.05 Å². The van der Waals surface area contributed by atoms with E-state index in [0.29, 0.717) is 13.0 Å². The Morgan fingerprint density at radius 1 is 1.53 bits per heavy atom. The highest BCUT2D eigenvalue weighted by Crippen LogP contribution is 2.22. The molecule has 0 saturated heterocycles. The lowest BCUT2D eigenvalue weighted by Crippen LogP contribution is -2.11. The van der Waals surface area contributed by atoms with Crippen molar-refractivity contribution in [1.29, 1.82) is 0 Å². The maximum atomic E-state index is 10.9. The molecule has 8 heteroatoms. The normalized spacial score (nSPS) is 10.4. The molecular weight excluding hydrogens is 248 g/mol. The molecule has 2 heterocycles. The van der Waals surface area contributed by atoms with Gasteiger partial charge in [-0.3, -0.25) is 10.1 Å². The fourth-order valence-corrected chi connectivity index (χ4v) is 1.66. The predicted octanol–water partition coefficient (Wildman–Crippen LogP) is 1.08. The van der Waals surface area contributed by atoms with Crippen LogP contribution >= 0.6 is 0 Å². The molecule has 2 aromatic rings. The monoisotopic (exact) mass is 262 g/mol. The molecule has 0 atom stereocenters. The van der Waals surface area contributed by atoms with Gasteiger partial charge in [0.25, 0.3) is 0 Å². The Balaban J connectivity index is 2.03. The van der Waals surface area contributed by atoms with Crippen molar-refractivity contribution in [2.75, 3.05) is 11.9 Å². The molecule has 0 spiro atoms. The lowest BCUT2D eigenvalue weighted by molar-refractivity contribution is -0.384. The van der Waals surface area contributed by atoms with E-state index in [9.17, 15) is 10.1 Å². The van der Waals surface area contributed by atoms with Crippen LogP contribution in [0.25, 0.3) is 0 Å². The molecule has 0 amide bonds. The Bertz CT molecular complexity index is 595. The minimum atomic E-state index is -0.440. The molecule has 0 fully saturated rings. The van der Waals surface area contributed by atoms with Gasteiger partial charge in [0, 0.05) is 32.3 Å². The van der Waals surface area contributed by atoms with Gasteiger partial charge in [-0.15, -0.1) is 10.2 Å². The topological polar surface area (TPSA) is 98.8 Å². The zero-order valence-electron chi connectivity index (χ0n) is 10.7. The molecule has 2 rings (SSSR count). The highest BCUT2D eigenvalue weighted by Gasteiger charge is 2.15. The first-order valence-corrected chi connectivity index (χ1v) is 5.75. The number of nitro groups is 1. The van der Waals surface area contributed by atoms with Gasteiger partial charge in [0.2, 0.25) is 5.82 Å². The molecule has 0 aliphatic carbocycles. The molecule has 0 aromatic carbocycles. The summed E-state index contributed by atoms with van der Waals surface area (Å²) in [5, 5.41) is 21.6. The van der Waals surface area contributed by atoms with Crippen LogP contribution in [0.5, 0.6) is 0 Å². The van der Waals surface area contributed by atoms with Gasteiger partial charge in [-0.05, 0) is 12.5 Å². The van der Waals surface area contributed by atoms with Gasteiger partial charge in [-0.25, -0.2) is 4.98 Å². The summed E-state index contributed by atoms with van der Waals surface area (Å²) in [4.78, 5) is 14.5. The van der Waals surface area contributed by atoms with E-state index >= 15 is 0 Å². The Morgan fingerprint density at radius 2 is 2.32 bits per heavy atom. The van der Waals surface area contributed by atoms with Crippen molar-refractivity contribution in [2.24, 2.45) is 7.05 Å². The van der Waals surface area contributed by atoms with Crippen LogP contribution in [0.2, 0.25) is 0 Å². The average molecular weight is 262 g/mol. The number of nitrogens with zero attached hydrogens (tertiary/aromatic N) is 5. The lowest BCUT2D eigenvalue weighted by atomic mass is 10.3. The molecule has 100 valence electrons. The van der Waals surface area contributed by atoms with Gasteiger partial charge in [0.15, 0.2) is 0 Å². The molecular formula is C11H14N6O2. The first-order valence-electron chi connectivity index (χ1n) is 5.75. The van der Waals surface area contributed by atoms with Crippen LogP contribution in [0.3, 0.4) is 0 Å². The quantitative estimate of drug-likeness (QED) is 0.639. The molecule has 0 bridgehead atoms. The molecule has 1 N–H and O–H groups in total. The summed E-state index contributed by atoms with van der Waals surface area (Å²) >= 11 is 0. The van der Waals surface area contributed by atoms with Crippen molar-refractivity contribution >= 4 is 11.5 Å². The Hall–Kier alpha value is -2.51. The summed E-state index contributed by atoms with van der Waals surface area (Å²) < 4.78 is 1.80. The second-order valence-electron chi connectivity index (χ2n) is 4.17. The highest BCUT2D eigenvalue weighted by atomic mass is 16.6. The summed E-state index contributed by atoms with van der Waals surface area (Å²) in [6.45, 7) is 2.27. The summed E-state index contributed by atoms with van der Waals surface area (Å²) in [5.41, 5.74) is 0.739. The van der Waals surface area contributed by atoms with Crippen molar-refractivity contribution < 1.29 is 4.92 Å². The number of aromatic nitrogens is 4. The van der Waals surface area contributed by atoms with Crippen molar-refractivity contribution in [3.8, 4) is 0 Å². The molecule has 0 aliphatic heterocycles. The highest BCUT2D eigenvalue weighted by molar-refractivity contribution is 5.56. The van der Waals surface area contributed by atoms with Crippen LogP contribution in [-0.4, -0.2) is 31.2 Å².